The van der Waals surface area contributed by atoms with E-state index >= 15 is 0 Å². The molecule has 34 heteroatoms. The van der Waals surface area contributed by atoms with E-state index in [0.717, 1.165) is 53.9 Å². The van der Waals surface area contributed by atoms with Crippen molar-refractivity contribution in [3.63, 3.8) is 0 Å². The fourth-order valence-corrected chi connectivity index (χ4v) is 16.6. The predicted molar refractivity (Wildman–Crippen MR) is 541 cm³/mol. The number of aliphatic hydroxyl groups excluding tert-OH is 1. The van der Waals surface area contributed by atoms with Crippen LogP contribution >= 0.6 is 115 Å². The summed E-state index contributed by atoms with van der Waals surface area (Å²) in [5.74, 6) is -0.119. The third-order valence-corrected chi connectivity index (χ3v) is 25.2. The first-order valence-corrected chi connectivity index (χ1v) is 46.2. The van der Waals surface area contributed by atoms with Crippen molar-refractivity contribution in [3.8, 4) is 28.7 Å². The van der Waals surface area contributed by atoms with Crippen molar-refractivity contribution in [3.05, 3.63) is 393 Å². The second kappa shape index (κ2) is 47.6. The number of hydrogen-bond acceptors (Lipinski definition) is 22. The topological polar surface area (TPSA) is 328 Å². The Morgan fingerprint density at radius 2 is 0.632 bits per heavy atom. The number of amides is 5. The molecule has 5 amide bonds. The van der Waals surface area contributed by atoms with Crippen LogP contribution in [0.15, 0.2) is 321 Å². The summed E-state index contributed by atoms with van der Waals surface area (Å²) >= 11 is 47.0. The van der Waals surface area contributed by atoms with Crippen LogP contribution in [0.25, 0.3) is 53.9 Å². The number of hydrogen-bond donors (Lipinski definition) is 6. The zero-order valence-corrected chi connectivity index (χ0v) is 78.8. The second-order valence-corrected chi connectivity index (χ2v) is 34.8. The number of fused-ring (bicyclic) bond motifs is 5. The summed E-state index contributed by atoms with van der Waals surface area (Å²) in [5.41, 5.74) is 5.20. The molecule has 8 heterocycles. The number of carbonyl (C=O) groups is 8. The molecule has 8 aromatic heterocycles. The van der Waals surface area contributed by atoms with Crippen LogP contribution in [0.5, 0.6) is 28.7 Å². The van der Waals surface area contributed by atoms with E-state index in [0.29, 0.717) is 87.1 Å². The number of halogens is 7. The lowest BCUT2D eigenvalue weighted by Crippen LogP contribution is -2.20. The van der Waals surface area contributed by atoms with Crippen LogP contribution in [0.2, 0.25) is 35.2 Å². The molecule has 18 aromatic rings. The Morgan fingerprint density at radius 1 is 0.301 bits per heavy atom. The van der Waals surface area contributed by atoms with Gasteiger partial charge in [0.2, 0.25) is 17.3 Å². The number of thiophene rings is 3. The van der Waals surface area contributed by atoms with Crippen LogP contribution < -0.4 is 50.3 Å². The van der Waals surface area contributed by atoms with E-state index < -0.39 is 6.10 Å². The van der Waals surface area contributed by atoms with Gasteiger partial charge in [0.05, 0.1) is 40.8 Å². The first-order chi connectivity index (χ1) is 65.9. The van der Waals surface area contributed by atoms with Crippen molar-refractivity contribution in [2.24, 2.45) is 0 Å². The molecule has 0 aliphatic carbocycles. The largest absolute Gasteiger partial charge is 0.484 e. The minimum absolute atomic E-state index is 0.0224. The number of nitrogens with one attached hydrogen (secondary N) is 5. The Morgan fingerprint density at radius 3 is 1.00 bits per heavy atom. The fraction of sp³-hybridized carbons (Fsp3) is 0.0686. The molecule has 0 saturated heterocycles. The SMILES string of the molecule is CC(O)c1ccc(OCC(=O)Nc2ccc3cnccc3c2)c(Cl)c1Cl.O=C(COc1ccc(C(=O)c2cccs2)c(Cl)c1Cl)Nc1ccc2cnccc2c1.O=C(COc1ccc(C(=O)c2cccs2)cc1)Nc1ccc2cnccc2c1.O=C(COc1ccc(C(=O)c2cccs2)cc1Cl)Nc1ccc2cnccc2c1.O=C(COc1cccc(Cl)c1Cl)Nc1ccc2cnccc2c1. The Hall–Kier alpha value is -14.3. The van der Waals surface area contributed by atoms with E-state index in [1.807, 2.05) is 131 Å². The molecule has 0 radical (unpaired) electrons. The highest BCUT2D eigenvalue weighted by molar-refractivity contribution is 7.13. The second-order valence-electron chi connectivity index (χ2n) is 29.2. The number of rotatable bonds is 27. The van der Waals surface area contributed by atoms with Gasteiger partial charge in [-0.3, -0.25) is 63.3 Å². The van der Waals surface area contributed by atoms with Crippen LogP contribution in [0.1, 0.15) is 64.3 Å². The summed E-state index contributed by atoms with van der Waals surface area (Å²) in [6.45, 7) is 0.625. The molecule has 0 bridgehead atoms. The summed E-state index contributed by atoms with van der Waals surface area (Å²) < 4.78 is 27.4. The normalized spacial score (nSPS) is 10.9. The average Bonchev–Trinajstić information content (AvgIpc) is 1.30. The highest BCUT2D eigenvalue weighted by atomic mass is 35.5. The van der Waals surface area contributed by atoms with Crippen molar-refractivity contribution in [1.29, 1.82) is 0 Å². The predicted octanol–water partition coefficient (Wildman–Crippen LogP) is 24.8. The summed E-state index contributed by atoms with van der Waals surface area (Å²) in [6.07, 6.45) is 16.6. The van der Waals surface area contributed by atoms with E-state index in [1.165, 1.54) is 40.1 Å². The van der Waals surface area contributed by atoms with Crippen LogP contribution in [-0.2, 0) is 24.0 Å². The van der Waals surface area contributed by atoms with Gasteiger partial charge < -0.3 is 55.4 Å². The monoisotopic (exact) mass is 2000 g/mol. The zero-order chi connectivity index (χ0) is 95.6. The molecule has 682 valence electrons. The lowest BCUT2D eigenvalue weighted by atomic mass is 10.1. The zero-order valence-electron chi connectivity index (χ0n) is 71.1. The molecule has 0 saturated carbocycles. The minimum atomic E-state index is -0.750. The number of anilines is 5. The smallest absolute Gasteiger partial charge is 0.262 e. The molecule has 24 nitrogen and oxygen atoms in total. The van der Waals surface area contributed by atoms with Gasteiger partial charge in [0.25, 0.3) is 29.5 Å². The molecule has 0 aliphatic heterocycles. The number of aromatic nitrogens is 5. The Labute approximate surface area is 824 Å². The van der Waals surface area contributed by atoms with E-state index in [2.05, 4.69) is 51.5 Å². The first kappa shape index (κ1) is 97.7. The third kappa shape index (κ3) is 26.8. The minimum Gasteiger partial charge on any atom is -0.484 e. The van der Waals surface area contributed by atoms with Crippen LogP contribution in [0, 0.1) is 0 Å². The number of nitrogens with zero attached hydrogens (tertiary/aromatic N) is 5. The molecule has 6 N–H and O–H groups in total. The lowest BCUT2D eigenvalue weighted by Gasteiger charge is -2.13. The highest BCUT2D eigenvalue weighted by Crippen LogP contribution is 2.40. The van der Waals surface area contributed by atoms with Gasteiger partial charge in [0.1, 0.15) is 43.8 Å². The standard InChI is InChI=1S/C22H14Cl2N2O3S.C22H15ClN2O3S.C22H16N2O3S.C19H16Cl2N2O3.C17H12Cl2N2O2/c23-20-16(22(28)18-2-1-9-30-18)5-6-17(21(20)24)29-12-19(27)26-15-4-3-14-11-25-8-7-13(14)10-15;23-18-11-15(22(27)20-2-1-9-29-20)4-6-19(18)28-13-21(26)25-17-5-3-16-12-24-8-7-14(16)10-17;25-21(24-18-6-3-17-13-23-10-9-16(17)12-18)14-27-19-7-4-15(5-8-19)22(26)20-2-1-11-28-20;1-11(24)15-4-5-16(19(21)18(15)20)26-10-17(25)23-14-3-2-13-9-22-7-6-12(13)8-14;18-14-2-1-3-15(17(14)19)23-10-16(22)21-13-5-4-12-9-20-7-6-11(12)8-13/h1-11H,12H2,(H,26,27);1-12H,13H2,(H,25,26);1-13H,14H2,(H,24,25);2-9,11,24H,10H2,1H3,(H,23,25);1-9H,10H2,(H,21,22). The average molecular weight is 2010 g/mol. The lowest BCUT2D eigenvalue weighted by molar-refractivity contribution is -0.118. The van der Waals surface area contributed by atoms with E-state index in [4.69, 9.17) is 105 Å². The van der Waals surface area contributed by atoms with Crippen LogP contribution in [-0.4, -0.2) is 110 Å². The maximum absolute atomic E-state index is 12.5. The maximum atomic E-state index is 12.5. The van der Waals surface area contributed by atoms with Crippen molar-refractivity contribution in [1.82, 2.24) is 24.9 Å². The number of carbonyl (C=O) groups excluding carboxylic acids is 8. The molecule has 0 fully saturated rings. The Bertz CT molecular complexity index is 7400. The quantitative estimate of drug-likeness (QED) is 0.0261. The van der Waals surface area contributed by atoms with Gasteiger partial charge in [-0.05, 0) is 232 Å². The molecule has 1 unspecified atom stereocenters. The molecule has 0 aliphatic rings. The Kier molecular flexibility index (Phi) is 34.2. The van der Waals surface area contributed by atoms with Gasteiger partial charge in [-0.2, -0.15) is 0 Å². The van der Waals surface area contributed by atoms with Gasteiger partial charge in [0, 0.05) is 140 Å². The van der Waals surface area contributed by atoms with E-state index in [-0.39, 0.29) is 122 Å². The van der Waals surface area contributed by atoms with Gasteiger partial charge in [-0.15, -0.1) is 34.0 Å². The highest BCUT2D eigenvalue weighted by Gasteiger charge is 2.23. The number of ketones is 3. The van der Waals surface area contributed by atoms with Crippen molar-refractivity contribution in [2.75, 3.05) is 59.6 Å². The van der Waals surface area contributed by atoms with Crippen LogP contribution in [0.4, 0.5) is 28.4 Å². The summed E-state index contributed by atoms with van der Waals surface area (Å²) in [6, 6.07) is 70.8. The van der Waals surface area contributed by atoms with Crippen molar-refractivity contribution in [2.45, 2.75) is 13.0 Å². The Balaban J connectivity index is 0.000000136. The van der Waals surface area contributed by atoms with E-state index in [1.54, 1.807) is 190 Å². The third-order valence-electron chi connectivity index (χ3n) is 19.7. The fourth-order valence-electron chi connectivity index (χ4n) is 13.0. The number of aliphatic hydroxyl groups is 1. The molecular formula is C102H73Cl7N10O14S3. The number of ether oxygens (including phenoxy) is 5. The van der Waals surface area contributed by atoms with Gasteiger partial charge in [0.15, 0.2) is 33.0 Å². The van der Waals surface area contributed by atoms with Gasteiger partial charge in [-0.25, -0.2) is 0 Å². The summed E-state index contributed by atoms with van der Waals surface area (Å²) in [7, 11) is 0. The van der Waals surface area contributed by atoms with Gasteiger partial charge >= 0.3 is 0 Å². The molecule has 0 spiro atoms. The molecule has 136 heavy (non-hydrogen) atoms. The van der Waals surface area contributed by atoms with Crippen molar-refractivity contribution < 1.29 is 67.1 Å². The summed E-state index contributed by atoms with van der Waals surface area (Å²) in [5, 5.41) is 40.5. The molecular weight excluding hydrogens is 1930 g/mol. The molecule has 1 atom stereocenters. The molecule has 10 aromatic carbocycles. The van der Waals surface area contributed by atoms with Crippen molar-refractivity contribution >= 4 is 244 Å². The first-order valence-electron chi connectivity index (χ1n) is 40.9. The summed E-state index contributed by atoms with van der Waals surface area (Å²) in [4.78, 5) is 120. The molecule has 18 rings (SSSR count). The van der Waals surface area contributed by atoms with Crippen LogP contribution in [0.3, 0.4) is 0 Å². The number of benzene rings is 10. The maximum Gasteiger partial charge on any atom is 0.262 e. The number of pyridine rings is 5. The van der Waals surface area contributed by atoms with Gasteiger partial charge in [-0.1, -0.05) is 142 Å². The van der Waals surface area contributed by atoms with E-state index in [9.17, 15) is 43.5 Å².